The van der Waals surface area contributed by atoms with Crippen LogP contribution in [0.25, 0.3) is 0 Å². The lowest BCUT2D eigenvalue weighted by atomic mass is 10.2. The molecule has 1 fully saturated rings. The Bertz CT molecular complexity index is 863. The van der Waals surface area contributed by atoms with Crippen molar-refractivity contribution in [1.29, 1.82) is 0 Å². The minimum Gasteiger partial charge on any atom is -0.491 e. The van der Waals surface area contributed by atoms with Crippen LogP contribution in [0.4, 0.5) is 0 Å². The van der Waals surface area contributed by atoms with Gasteiger partial charge in [0.1, 0.15) is 6.54 Å². The molecule has 3 rings (SSSR count). The van der Waals surface area contributed by atoms with Gasteiger partial charge in [-0.1, -0.05) is 11.6 Å². The van der Waals surface area contributed by atoms with Gasteiger partial charge in [0.15, 0.2) is 5.75 Å². The first-order chi connectivity index (χ1) is 13.5. The van der Waals surface area contributed by atoms with Crippen molar-refractivity contribution in [2.45, 2.75) is 36.1 Å². The zero-order valence-electron chi connectivity index (χ0n) is 15.7. The Morgan fingerprint density at radius 3 is 2.86 bits per heavy atom. The molecule has 1 N–H and O–H groups in total. The van der Waals surface area contributed by atoms with Crippen molar-refractivity contribution in [2.75, 3.05) is 20.3 Å². The van der Waals surface area contributed by atoms with E-state index in [9.17, 15) is 9.59 Å². The van der Waals surface area contributed by atoms with Crippen LogP contribution in [0.5, 0.6) is 5.75 Å². The van der Waals surface area contributed by atoms with E-state index in [-0.39, 0.29) is 29.7 Å². The van der Waals surface area contributed by atoms with Crippen molar-refractivity contribution < 1.29 is 14.3 Å². The molecule has 0 radical (unpaired) electrons. The molecule has 150 valence electrons. The Labute approximate surface area is 173 Å². The highest BCUT2D eigenvalue weighted by molar-refractivity contribution is 7.98. The van der Waals surface area contributed by atoms with Gasteiger partial charge >= 0.3 is 0 Å². The third-order valence-electron chi connectivity index (χ3n) is 4.47. The lowest BCUT2D eigenvalue weighted by Gasteiger charge is -2.16. The predicted molar refractivity (Wildman–Crippen MR) is 110 cm³/mol. The van der Waals surface area contributed by atoms with Crippen molar-refractivity contribution in [2.24, 2.45) is 0 Å². The van der Waals surface area contributed by atoms with Gasteiger partial charge in [-0.05, 0) is 37.1 Å². The number of amides is 1. The van der Waals surface area contributed by atoms with Crippen LogP contribution < -0.4 is 15.5 Å². The van der Waals surface area contributed by atoms with Crippen molar-refractivity contribution in [3.63, 3.8) is 0 Å². The van der Waals surface area contributed by atoms with Crippen LogP contribution >= 0.6 is 23.4 Å². The lowest BCUT2D eigenvalue weighted by Crippen LogP contribution is -2.34. The zero-order valence-corrected chi connectivity index (χ0v) is 17.2. The summed E-state index contributed by atoms with van der Waals surface area (Å²) in [6, 6.07) is 9.02. The Kier molecular flexibility index (Phi) is 7.42. The highest BCUT2D eigenvalue weighted by atomic mass is 35.5. The smallest absolute Gasteiger partial charge is 0.240 e. The number of nitrogens with one attached hydrogen (secondary N) is 1. The van der Waals surface area contributed by atoms with Crippen LogP contribution in [0.1, 0.15) is 18.5 Å². The minimum atomic E-state index is -0.204. The van der Waals surface area contributed by atoms with E-state index in [1.54, 1.807) is 22.5 Å². The van der Waals surface area contributed by atoms with E-state index in [1.165, 1.54) is 13.2 Å². The van der Waals surface area contributed by atoms with E-state index in [0.29, 0.717) is 17.3 Å². The fourth-order valence-electron chi connectivity index (χ4n) is 2.95. The first-order valence-corrected chi connectivity index (χ1v) is 10.5. The summed E-state index contributed by atoms with van der Waals surface area (Å²) in [5.41, 5.74) is 0.545. The maximum absolute atomic E-state index is 12.4. The summed E-state index contributed by atoms with van der Waals surface area (Å²) < 4.78 is 12.4. The summed E-state index contributed by atoms with van der Waals surface area (Å²) in [4.78, 5) is 25.6. The van der Waals surface area contributed by atoms with Gasteiger partial charge in [-0.3, -0.25) is 9.59 Å². The Balaban J connectivity index is 1.69. The molecule has 1 aromatic heterocycles. The fourth-order valence-corrected chi connectivity index (χ4v) is 3.97. The molecule has 0 saturated carbocycles. The Morgan fingerprint density at radius 1 is 1.39 bits per heavy atom. The van der Waals surface area contributed by atoms with Crippen LogP contribution in [-0.2, 0) is 21.8 Å². The Morgan fingerprint density at radius 2 is 2.18 bits per heavy atom. The second kappa shape index (κ2) is 10.0. The Hall–Kier alpha value is -1.96. The van der Waals surface area contributed by atoms with Crippen molar-refractivity contribution in [3.05, 3.63) is 57.5 Å². The molecule has 1 unspecified atom stereocenters. The number of halogens is 1. The molecule has 28 heavy (non-hydrogen) atoms. The number of ether oxygens (including phenoxy) is 2. The summed E-state index contributed by atoms with van der Waals surface area (Å²) in [6.45, 7) is 1.37. The first kappa shape index (κ1) is 20.8. The minimum absolute atomic E-state index is 0.0902. The van der Waals surface area contributed by atoms with Gasteiger partial charge in [-0.15, -0.1) is 11.8 Å². The first-order valence-electron chi connectivity index (χ1n) is 9.09. The molecule has 2 heterocycles. The van der Waals surface area contributed by atoms with Gasteiger partial charge in [-0.25, -0.2) is 0 Å². The summed E-state index contributed by atoms with van der Waals surface area (Å²) in [6.07, 6.45) is 3.68. The number of methoxy groups -OCH3 is 1. The molecule has 1 aliphatic rings. The monoisotopic (exact) mass is 422 g/mol. The highest BCUT2D eigenvalue weighted by Gasteiger charge is 2.17. The predicted octanol–water partition coefficient (Wildman–Crippen LogP) is 3.10. The molecule has 1 aromatic carbocycles. The molecule has 0 spiro atoms. The number of hydrogen-bond donors (Lipinski definition) is 1. The molecule has 1 amide bonds. The van der Waals surface area contributed by atoms with Gasteiger partial charge < -0.3 is 19.4 Å². The number of hydrogen-bond acceptors (Lipinski definition) is 5. The second-order valence-electron chi connectivity index (χ2n) is 6.51. The van der Waals surface area contributed by atoms with Gasteiger partial charge in [-0.2, -0.15) is 0 Å². The van der Waals surface area contributed by atoms with Crippen molar-refractivity contribution in [3.8, 4) is 5.75 Å². The van der Waals surface area contributed by atoms with E-state index >= 15 is 0 Å². The van der Waals surface area contributed by atoms with Crippen LogP contribution in [0.15, 0.2) is 46.2 Å². The number of nitrogens with zero attached hydrogens (tertiary/aromatic N) is 1. The highest BCUT2D eigenvalue weighted by Crippen LogP contribution is 2.24. The average Bonchev–Trinajstić information content (AvgIpc) is 3.21. The largest absolute Gasteiger partial charge is 0.491 e. The molecule has 1 aliphatic heterocycles. The topological polar surface area (TPSA) is 69.6 Å². The molecule has 2 aromatic rings. The standard InChI is InChI=1S/C20H23ClN2O4S/c1-26-19-11-23(12-20(25)22-10-16-3-2-8-27-16)15(9-18(19)24)13-28-17-6-4-14(21)5-7-17/h4-7,9,11,16H,2-3,8,10,12-13H2,1H3,(H,22,25). The average molecular weight is 423 g/mol. The van der Waals surface area contributed by atoms with E-state index in [2.05, 4.69) is 5.32 Å². The van der Waals surface area contributed by atoms with Gasteiger partial charge in [0.05, 0.1) is 19.4 Å². The number of carbonyl (C=O) groups excluding carboxylic acids is 1. The lowest BCUT2D eigenvalue weighted by molar-refractivity contribution is -0.122. The molecular weight excluding hydrogens is 400 g/mol. The fraction of sp³-hybridized carbons (Fsp3) is 0.400. The molecule has 1 saturated heterocycles. The molecular formula is C20H23ClN2O4S. The van der Waals surface area contributed by atoms with E-state index in [1.807, 2.05) is 24.3 Å². The van der Waals surface area contributed by atoms with Crippen molar-refractivity contribution >= 4 is 29.3 Å². The third kappa shape index (κ3) is 5.77. The van der Waals surface area contributed by atoms with E-state index < -0.39 is 0 Å². The summed E-state index contributed by atoms with van der Waals surface area (Å²) >= 11 is 7.49. The van der Waals surface area contributed by atoms with E-state index in [0.717, 1.165) is 30.0 Å². The normalized spacial score (nSPS) is 16.1. The molecule has 6 nitrogen and oxygen atoms in total. The van der Waals surface area contributed by atoms with Gasteiger partial charge in [0.25, 0.3) is 0 Å². The molecule has 1 atom stereocenters. The maximum atomic E-state index is 12.4. The quantitative estimate of drug-likeness (QED) is 0.662. The summed E-state index contributed by atoms with van der Waals surface area (Å²) in [5.74, 6) is 0.631. The van der Waals surface area contributed by atoms with Crippen LogP contribution in [0.3, 0.4) is 0 Å². The number of thioether (sulfide) groups is 1. The number of aromatic nitrogens is 1. The molecule has 8 heteroatoms. The second-order valence-corrected chi connectivity index (χ2v) is 7.99. The summed E-state index contributed by atoms with van der Waals surface area (Å²) in [5, 5.41) is 3.58. The number of carbonyl (C=O) groups is 1. The van der Waals surface area contributed by atoms with Gasteiger partial charge in [0.2, 0.25) is 11.3 Å². The molecule has 0 aliphatic carbocycles. The van der Waals surface area contributed by atoms with E-state index in [4.69, 9.17) is 21.1 Å². The number of benzene rings is 1. The number of rotatable bonds is 8. The van der Waals surface area contributed by atoms with Crippen LogP contribution in [0.2, 0.25) is 5.02 Å². The SMILES string of the molecule is COc1cn(CC(=O)NCC2CCCO2)c(CSc2ccc(Cl)cc2)cc1=O. The van der Waals surface area contributed by atoms with Crippen molar-refractivity contribution in [1.82, 2.24) is 9.88 Å². The van der Waals surface area contributed by atoms with Gasteiger partial charge in [0, 0.05) is 40.6 Å². The summed E-state index contributed by atoms with van der Waals surface area (Å²) in [7, 11) is 1.45. The third-order valence-corrected chi connectivity index (χ3v) is 5.77. The maximum Gasteiger partial charge on any atom is 0.240 e. The molecule has 0 bridgehead atoms. The van der Waals surface area contributed by atoms with Crippen LogP contribution in [0, 0.1) is 0 Å². The number of pyridine rings is 1. The zero-order chi connectivity index (χ0) is 19.9. The van der Waals surface area contributed by atoms with Crippen LogP contribution in [-0.4, -0.2) is 36.8 Å².